The van der Waals surface area contributed by atoms with Gasteiger partial charge < -0.3 is 0 Å². The highest BCUT2D eigenvalue weighted by Crippen LogP contribution is 2.27. The molecule has 0 spiro atoms. The van der Waals surface area contributed by atoms with Crippen molar-refractivity contribution in [3.8, 4) is 23.5 Å². The molecule has 1 aromatic carbocycles. The zero-order valence-electron chi connectivity index (χ0n) is 7.33. The summed E-state index contributed by atoms with van der Waals surface area (Å²) in [6.07, 6.45) is 5.31. The normalized spacial score (nSPS) is 9.71. The van der Waals surface area contributed by atoms with Gasteiger partial charge in [-0.2, -0.15) is 11.3 Å². The van der Waals surface area contributed by atoms with Gasteiger partial charge in [0.1, 0.15) is 5.82 Å². The lowest BCUT2D eigenvalue weighted by molar-refractivity contribution is 0.631. The van der Waals surface area contributed by atoms with Gasteiger partial charge in [0, 0.05) is 11.1 Å². The minimum Gasteiger partial charge on any atom is -0.206 e. The fourth-order valence-corrected chi connectivity index (χ4v) is 1.99. The molecule has 0 radical (unpaired) electrons. The Hall–Kier alpha value is -1.59. The molecule has 0 amide bonds. The van der Waals surface area contributed by atoms with Crippen molar-refractivity contribution in [3.63, 3.8) is 0 Å². The largest absolute Gasteiger partial charge is 0.206 e. The van der Waals surface area contributed by atoms with E-state index in [1.807, 2.05) is 16.8 Å². The average molecular weight is 202 g/mol. The molecule has 2 rings (SSSR count). The summed E-state index contributed by atoms with van der Waals surface area (Å²) in [6, 6.07) is 6.66. The third-order valence-electron chi connectivity index (χ3n) is 1.98. The maximum Gasteiger partial charge on any atom is 0.132 e. The molecule has 1 heterocycles. The molecule has 2 aromatic rings. The summed E-state index contributed by atoms with van der Waals surface area (Å²) in [6.45, 7) is 0. The van der Waals surface area contributed by atoms with Gasteiger partial charge in [0.05, 0.1) is 0 Å². The Morgan fingerprint density at radius 3 is 2.79 bits per heavy atom. The SMILES string of the molecule is C#Cc1cccc(F)c1-c1ccsc1. The molecule has 68 valence electrons. The van der Waals surface area contributed by atoms with E-state index in [0.717, 1.165) is 5.56 Å². The molecule has 0 aliphatic heterocycles. The van der Waals surface area contributed by atoms with Crippen LogP contribution in [0.1, 0.15) is 5.56 Å². The van der Waals surface area contributed by atoms with Crippen LogP contribution in [0.3, 0.4) is 0 Å². The third kappa shape index (κ3) is 1.43. The van der Waals surface area contributed by atoms with E-state index in [9.17, 15) is 4.39 Å². The zero-order chi connectivity index (χ0) is 9.97. The number of terminal acetylenes is 1. The van der Waals surface area contributed by atoms with Gasteiger partial charge in [-0.1, -0.05) is 12.0 Å². The number of hydrogen-bond donors (Lipinski definition) is 0. The summed E-state index contributed by atoms with van der Waals surface area (Å²) in [4.78, 5) is 0. The quantitative estimate of drug-likeness (QED) is 0.620. The predicted molar refractivity (Wildman–Crippen MR) is 57.6 cm³/mol. The van der Waals surface area contributed by atoms with Crippen LogP contribution in [-0.4, -0.2) is 0 Å². The summed E-state index contributed by atoms with van der Waals surface area (Å²) in [5.41, 5.74) is 1.97. The van der Waals surface area contributed by atoms with E-state index in [1.54, 1.807) is 12.1 Å². The second kappa shape index (κ2) is 3.65. The van der Waals surface area contributed by atoms with Gasteiger partial charge in [-0.05, 0) is 34.5 Å². The van der Waals surface area contributed by atoms with Crippen molar-refractivity contribution < 1.29 is 4.39 Å². The summed E-state index contributed by atoms with van der Waals surface area (Å²) >= 11 is 1.53. The number of benzene rings is 1. The summed E-state index contributed by atoms with van der Waals surface area (Å²) < 4.78 is 13.5. The first-order valence-corrected chi connectivity index (χ1v) is 5.05. The van der Waals surface area contributed by atoms with Gasteiger partial charge in [0.25, 0.3) is 0 Å². The highest BCUT2D eigenvalue weighted by Gasteiger charge is 2.08. The van der Waals surface area contributed by atoms with Crippen LogP contribution in [0.5, 0.6) is 0 Å². The maximum atomic E-state index is 13.5. The fraction of sp³-hybridized carbons (Fsp3) is 0. The lowest BCUT2D eigenvalue weighted by Crippen LogP contribution is -1.87. The van der Waals surface area contributed by atoms with Gasteiger partial charge in [0.15, 0.2) is 0 Å². The van der Waals surface area contributed by atoms with Crippen LogP contribution in [0.15, 0.2) is 35.0 Å². The molecular formula is C12H7FS. The van der Waals surface area contributed by atoms with Crippen molar-refractivity contribution in [2.45, 2.75) is 0 Å². The van der Waals surface area contributed by atoms with Crippen molar-refractivity contribution in [2.75, 3.05) is 0 Å². The Morgan fingerprint density at radius 2 is 2.14 bits per heavy atom. The molecule has 0 aliphatic carbocycles. The van der Waals surface area contributed by atoms with E-state index in [0.29, 0.717) is 11.1 Å². The topological polar surface area (TPSA) is 0 Å². The molecule has 0 saturated carbocycles. The van der Waals surface area contributed by atoms with Crippen molar-refractivity contribution in [1.82, 2.24) is 0 Å². The lowest BCUT2D eigenvalue weighted by atomic mass is 10.0. The molecule has 0 saturated heterocycles. The van der Waals surface area contributed by atoms with Crippen LogP contribution in [0.2, 0.25) is 0 Å². The van der Waals surface area contributed by atoms with Gasteiger partial charge in [-0.25, -0.2) is 4.39 Å². The van der Waals surface area contributed by atoms with Crippen molar-refractivity contribution in [1.29, 1.82) is 0 Å². The lowest BCUT2D eigenvalue weighted by Gasteiger charge is -2.03. The first-order chi connectivity index (χ1) is 6.83. The second-order valence-electron chi connectivity index (χ2n) is 2.82. The molecule has 0 fully saturated rings. The van der Waals surface area contributed by atoms with Crippen molar-refractivity contribution in [3.05, 3.63) is 46.4 Å². The van der Waals surface area contributed by atoms with E-state index in [2.05, 4.69) is 5.92 Å². The van der Waals surface area contributed by atoms with Crippen molar-refractivity contribution in [2.24, 2.45) is 0 Å². The molecular weight excluding hydrogens is 195 g/mol. The molecule has 0 unspecified atom stereocenters. The number of halogens is 1. The minimum atomic E-state index is -0.265. The van der Waals surface area contributed by atoms with Crippen LogP contribution >= 0.6 is 11.3 Å². The van der Waals surface area contributed by atoms with E-state index in [-0.39, 0.29) is 5.82 Å². The second-order valence-corrected chi connectivity index (χ2v) is 3.60. The molecule has 0 aliphatic rings. The van der Waals surface area contributed by atoms with Gasteiger partial charge in [0.2, 0.25) is 0 Å². The van der Waals surface area contributed by atoms with E-state index < -0.39 is 0 Å². The Balaban J connectivity index is 2.69. The maximum absolute atomic E-state index is 13.5. The summed E-state index contributed by atoms with van der Waals surface area (Å²) in [5, 5.41) is 3.79. The highest BCUT2D eigenvalue weighted by molar-refractivity contribution is 7.08. The standard InChI is InChI=1S/C12H7FS/c1-2-9-4-3-5-11(13)12(9)10-6-7-14-8-10/h1,3-8H. The van der Waals surface area contributed by atoms with Crippen LogP contribution in [-0.2, 0) is 0 Å². The van der Waals surface area contributed by atoms with Gasteiger partial charge in [-0.15, -0.1) is 6.42 Å². The van der Waals surface area contributed by atoms with Gasteiger partial charge in [-0.3, -0.25) is 0 Å². The Morgan fingerprint density at radius 1 is 1.29 bits per heavy atom. The van der Waals surface area contributed by atoms with Crippen LogP contribution < -0.4 is 0 Å². The van der Waals surface area contributed by atoms with Crippen molar-refractivity contribution >= 4 is 11.3 Å². The predicted octanol–water partition coefficient (Wildman–Crippen LogP) is 3.54. The van der Waals surface area contributed by atoms with Gasteiger partial charge >= 0.3 is 0 Å². The fourth-order valence-electron chi connectivity index (χ4n) is 1.34. The Labute approximate surface area is 86.0 Å². The molecule has 0 atom stereocenters. The Kier molecular flexibility index (Phi) is 2.34. The zero-order valence-corrected chi connectivity index (χ0v) is 8.14. The molecule has 0 bridgehead atoms. The van der Waals surface area contributed by atoms with Crippen LogP contribution in [0, 0.1) is 18.2 Å². The molecule has 0 N–H and O–H groups in total. The summed E-state index contributed by atoms with van der Waals surface area (Å²) in [5.74, 6) is 2.22. The molecule has 2 heteroatoms. The molecule has 14 heavy (non-hydrogen) atoms. The first kappa shape index (κ1) is 8.98. The molecule has 1 aromatic heterocycles. The first-order valence-electron chi connectivity index (χ1n) is 4.10. The van der Waals surface area contributed by atoms with Crippen LogP contribution in [0.4, 0.5) is 4.39 Å². The Bertz CT molecular complexity index is 478. The number of thiophene rings is 1. The van der Waals surface area contributed by atoms with E-state index in [4.69, 9.17) is 6.42 Å². The van der Waals surface area contributed by atoms with E-state index >= 15 is 0 Å². The highest BCUT2D eigenvalue weighted by atomic mass is 32.1. The minimum absolute atomic E-state index is 0.265. The van der Waals surface area contributed by atoms with E-state index in [1.165, 1.54) is 17.4 Å². The smallest absolute Gasteiger partial charge is 0.132 e. The average Bonchev–Trinajstić information content (AvgIpc) is 2.70. The third-order valence-corrected chi connectivity index (χ3v) is 2.66. The summed E-state index contributed by atoms with van der Waals surface area (Å²) in [7, 11) is 0. The number of rotatable bonds is 1. The monoisotopic (exact) mass is 202 g/mol. The number of hydrogen-bond acceptors (Lipinski definition) is 1. The molecule has 0 nitrogen and oxygen atoms in total. The van der Waals surface area contributed by atoms with Crippen LogP contribution in [0.25, 0.3) is 11.1 Å².